The van der Waals surface area contributed by atoms with Crippen LogP contribution in [0.2, 0.25) is 0 Å². The van der Waals surface area contributed by atoms with Gasteiger partial charge in [-0.15, -0.1) is 0 Å². The highest BCUT2D eigenvalue weighted by molar-refractivity contribution is 5.91. The lowest BCUT2D eigenvalue weighted by atomic mass is 9.82. The van der Waals surface area contributed by atoms with Crippen LogP contribution in [0.4, 0.5) is 0 Å². The number of benzene rings is 1. The van der Waals surface area contributed by atoms with E-state index in [1.165, 1.54) is 18.2 Å². The molecule has 0 unspecified atom stereocenters. The zero-order chi connectivity index (χ0) is 16.6. The lowest BCUT2D eigenvalue weighted by Crippen LogP contribution is -2.50. The molecule has 0 aromatic heterocycles. The van der Waals surface area contributed by atoms with Gasteiger partial charge in [0.1, 0.15) is 18.0 Å². The Kier molecular flexibility index (Phi) is 3.83. The summed E-state index contributed by atoms with van der Waals surface area (Å²) in [5, 5.41) is 28.7. The van der Waals surface area contributed by atoms with Gasteiger partial charge in [-0.05, 0) is 23.8 Å². The van der Waals surface area contributed by atoms with Crippen LogP contribution in [0, 0.1) is 0 Å². The van der Waals surface area contributed by atoms with Crippen LogP contribution in [-0.2, 0) is 19.1 Å². The molecule has 7 nitrogen and oxygen atoms in total. The number of aromatic hydroxyl groups is 1. The van der Waals surface area contributed by atoms with E-state index in [4.69, 9.17) is 9.47 Å². The summed E-state index contributed by atoms with van der Waals surface area (Å²) in [5.74, 6) is -1.39. The summed E-state index contributed by atoms with van der Waals surface area (Å²) in [7, 11) is 0. The zero-order valence-electron chi connectivity index (χ0n) is 12.1. The van der Waals surface area contributed by atoms with Gasteiger partial charge in [0, 0.05) is 18.9 Å². The monoisotopic (exact) mass is 320 g/mol. The van der Waals surface area contributed by atoms with Crippen molar-refractivity contribution in [2.24, 2.45) is 0 Å². The molecule has 23 heavy (non-hydrogen) atoms. The fourth-order valence-electron chi connectivity index (χ4n) is 2.86. The van der Waals surface area contributed by atoms with E-state index in [1.54, 1.807) is 12.1 Å². The van der Waals surface area contributed by atoms with Crippen LogP contribution in [0.15, 0.2) is 30.3 Å². The van der Waals surface area contributed by atoms with Gasteiger partial charge in [0.15, 0.2) is 0 Å². The second-order valence-corrected chi connectivity index (χ2v) is 5.75. The van der Waals surface area contributed by atoms with E-state index in [1.807, 2.05) is 0 Å². The number of esters is 2. The number of phenols is 1. The summed E-state index contributed by atoms with van der Waals surface area (Å²) >= 11 is 0. The first-order valence-corrected chi connectivity index (χ1v) is 7.17. The molecule has 1 aliphatic carbocycles. The van der Waals surface area contributed by atoms with E-state index in [9.17, 15) is 24.9 Å². The summed E-state index contributed by atoms with van der Waals surface area (Å²) < 4.78 is 10.2. The molecule has 1 heterocycles. The Morgan fingerprint density at radius 2 is 1.96 bits per heavy atom. The molecule has 1 aromatic rings. The number of hydrogen-bond acceptors (Lipinski definition) is 7. The first-order valence-electron chi connectivity index (χ1n) is 7.17. The van der Waals surface area contributed by atoms with Crippen LogP contribution in [0.1, 0.15) is 18.4 Å². The minimum Gasteiger partial charge on any atom is -0.508 e. The maximum Gasteiger partial charge on any atom is 0.351 e. The van der Waals surface area contributed by atoms with Crippen molar-refractivity contribution in [3.05, 3.63) is 35.9 Å². The van der Waals surface area contributed by atoms with Crippen LogP contribution < -0.4 is 0 Å². The predicted molar refractivity (Wildman–Crippen MR) is 77.1 cm³/mol. The molecule has 1 aliphatic heterocycles. The number of aliphatic hydroxyl groups excluding tert-OH is 2. The Labute approximate surface area is 131 Å². The fourth-order valence-corrected chi connectivity index (χ4v) is 2.86. The highest BCUT2D eigenvalue weighted by Gasteiger charge is 2.60. The Morgan fingerprint density at radius 1 is 1.26 bits per heavy atom. The van der Waals surface area contributed by atoms with E-state index in [0.717, 1.165) is 6.08 Å². The number of fused-ring (bicyclic) bond motifs is 2. The van der Waals surface area contributed by atoms with Crippen LogP contribution >= 0.6 is 0 Å². The molecule has 122 valence electrons. The minimum absolute atomic E-state index is 0.0306. The number of aliphatic hydroxyl groups is 2. The maximum absolute atomic E-state index is 12.0. The lowest BCUT2D eigenvalue weighted by molar-refractivity contribution is -0.172. The first kappa shape index (κ1) is 15.5. The van der Waals surface area contributed by atoms with Gasteiger partial charge in [0.2, 0.25) is 5.60 Å². The molecule has 2 fully saturated rings. The van der Waals surface area contributed by atoms with Gasteiger partial charge in [0.05, 0.1) is 6.10 Å². The highest BCUT2D eigenvalue weighted by atomic mass is 16.6. The molecule has 2 aliphatic rings. The van der Waals surface area contributed by atoms with Gasteiger partial charge in [-0.1, -0.05) is 12.1 Å². The van der Waals surface area contributed by atoms with Crippen molar-refractivity contribution in [1.82, 2.24) is 0 Å². The van der Waals surface area contributed by atoms with E-state index >= 15 is 0 Å². The Hall–Kier alpha value is -2.38. The third-order valence-electron chi connectivity index (χ3n) is 4.08. The molecule has 0 radical (unpaired) electrons. The molecule has 1 saturated carbocycles. The molecule has 0 amide bonds. The van der Waals surface area contributed by atoms with Gasteiger partial charge in [-0.3, -0.25) is 0 Å². The third kappa shape index (κ3) is 2.93. The number of ether oxygens (including phenoxy) is 2. The Balaban J connectivity index is 1.70. The van der Waals surface area contributed by atoms with Crippen molar-refractivity contribution in [1.29, 1.82) is 0 Å². The van der Waals surface area contributed by atoms with Crippen molar-refractivity contribution in [3.63, 3.8) is 0 Å². The molecule has 3 rings (SSSR count). The molecule has 1 aromatic carbocycles. The normalized spacial score (nSPS) is 32.8. The number of hydrogen-bond donors (Lipinski definition) is 3. The number of carbonyl (C=O) groups is 2. The standard InChI is InChI=1S/C16H16O7/c17-10-4-1-9(2-5-10)3-6-13(19)23-16-7-11(18)14(20)12(8-16)22-15(16)21/h1-6,11-12,14,17-18,20H,7-8H2/b6-3+/t11-,12-,14-,16+/m0/s1. The van der Waals surface area contributed by atoms with Crippen molar-refractivity contribution < 1.29 is 34.4 Å². The molecular formula is C16H16O7. The van der Waals surface area contributed by atoms with Gasteiger partial charge >= 0.3 is 11.9 Å². The smallest absolute Gasteiger partial charge is 0.351 e. The average Bonchev–Trinajstić information content (AvgIpc) is 2.78. The van der Waals surface area contributed by atoms with Gasteiger partial charge in [-0.2, -0.15) is 0 Å². The summed E-state index contributed by atoms with van der Waals surface area (Å²) in [5.41, 5.74) is -0.872. The number of phenolic OH excluding ortho intramolecular Hbond substituents is 1. The fraction of sp³-hybridized carbons (Fsp3) is 0.375. The van der Waals surface area contributed by atoms with E-state index in [2.05, 4.69) is 0 Å². The van der Waals surface area contributed by atoms with Gasteiger partial charge in [0.25, 0.3) is 0 Å². The molecule has 1 saturated heterocycles. The molecule has 0 spiro atoms. The van der Waals surface area contributed by atoms with Crippen LogP contribution in [0.25, 0.3) is 6.08 Å². The van der Waals surface area contributed by atoms with Crippen molar-refractivity contribution >= 4 is 18.0 Å². The summed E-state index contributed by atoms with van der Waals surface area (Å²) in [6, 6.07) is 6.17. The van der Waals surface area contributed by atoms with Crippen molar-refractivity contribution in [2.75, 3.05) is 0 Å². The second-order valence-electron chi connectivity index (χ2n) is 5.75. The van der Waals surface area contributed by atoms with E-state index < -0.39 is 35.9 Å². The quantitative estimate of drug-likeness (QED) is 0.536. The van der Waals surface area contributed by atoms with Gasteiger partial charge < -0.3 is 24.8 Å². The van der Waals surface area contributed by atoms with Crippen molar-refractivity contribution in [2.45, 2.75) is 36.8 Å². The third-order valence-corrected chi connectivity index (χ3v) is 4.08. The summed E-state index contributed by atoms with van der Waals surface area (Å²) in [6.45, 7) is 0. The SMILES string of the molecule is O=C(/C=C/c1ccc(O)cc1)O[C@]12C[C@H](OC1=O)[C@@H](O)[C@@H](O)C2. The molecule has 4 atom stereocenters. The topological polar surface area (TPSA) is 113 Å². The summed E-state index contributed by atoms with van der Waals surface area (Å²) in [6.07, 6.45) is -0.746. The Morgan fingerprint density at radius 3 is 2.65 bits per heavy atom. The minimum atomic E-state index is -1.54. The van der Waals surface area contributed by atoms with Crippen LogP contribution in [-0.4, -0.2) is 51.2 Å². The summed E-state index contributed by atoms with van der Waals surface area (Å²) in [4.78, 5) is 23.9. The lowest BCUT2D eigenvalue weighted by Gasteiger charge is -2.33. The largest absolute Gasteiger partial charge is 0.508 e. The number of carbonyl (C=O) groups excluding carboxylic acids is 2. The van der Waals surface area contributed by atoms with Crippen LogP contribution in [0.3, 0.4) is 0 Å². The highest BCUT2D eigenvalue weighted by Crippen LogP contribution is 2.41. The molecule has 7 heteroatoms. The number of rotatable bonds is 3. The van der Waals surface area contributed by atoms with Gasteiger partial charge in [-0.25, -0.2) is 9.59 Å². The molecule has 3 N–H and O–H groups in total. The molecular weight excluding hydrogens is 304 g/mol. The predicted octanol–water partition coefficient (Wildman–Crippen LogP) is 0.128. The first-order chi connectivity index (χ1) is 10.9. The average molecular weight is 320 g/mol. The maximum atomic E-state index is 12.0. The zero-order valence-corrected chi connectivity index (χ0v) is 12.1. The van der Waals surface area contributed by atoms with E-state index in [0.29, 0.717) is 5.56 Å². The van der Waals surface area contributed by atoms with Crippen molar-refractivity contribution in [3.8, 4) is 5.75 Å². The van der Waals surface area contributed by atoms with Crippen LogP contribution in [0.5, 0.6) is 5.75 Å². The molecule has 2 bridgehead atoms. The second kappa shape index (κ2) is 5.68. The van der Waals surface area contributed by atoms with E-state index in [-0.39, 0.29) is 18.6 Å². The Bertz CT molecular complexity index is 651.